The summed E-state index contributed by atoms with van der Waals surface area (Å²) in [6.45, 7) is 1.19. The van der Waals surface area contributed by atoms with Gasteiger partial charge in [0.25, 0.3) is 0 Å². The summed E-state index contributed by atoms with van der Waals surface area (Å²) in [6.07, 6.45) is 3.97. The van der Waals surface area contributed by atoms with Crippen molar-refractivity contribution in [2.24, 2.45) is 0 Å². The van der Waals surface area contributed by atoms with Crippen molar-refractivity contribution in [2.45, 2.75) is 32.2 Å². The number of amides is 1. The van der Waals surface area contributed by atoms with Crippen molar-refractivity contribution in [3.63, 3.8) is 0 Å². The first-order valence-electron chi connectivity index (χ1n) is 8.46. The van der Waals surface area contributed by atoms with Gasteiger partial charge in [0, 0.05) is 38.3 Å². The van der Waals surface area contributed by atoms with Gasteiger partial charge in [0.15, 0.2) is 5.89 Å². The quantitative estimate of drug-likeness (QED) is 0.716. The number of carbonyl (C=O) groups is 1. The van der Waals surface area contributed by atoms with E-state index in [9.17, 15) is 4.79 Å². The van der Waals surface area contributed by atoms with E-state index in [-0.39, 0.29) is 5.91 Å². The number of carbonyl (C=O) groups excluding carboxylic acids is 1. The third-order valence-electron chi connectivity index (χ3n) is 4.40. The molecule has 25 heavy (non-hydrogen) atoms. The molecule has 0 unspecified atom stereocenters. The molecule has 4 rings (SSSR count). The third kappa shape index (κ3) is 3.63. The highest BCUT2D eigenvalue weighted by molar-refractivity contribution is 5.76. The van der Waals surface area contributed by atoms with Gasteiger partial charge in [0.05, 0.1) is 12.7 Å². The number of benzene rings is 1. The topological polar surface area (TPSA) is 72.4 Å². The first kappa shape index (κ1) is 15.6. The molecule has 1 amide bonds. The minimum atomic E-state index is 0.106. The van der Waals surface area contributed by atoms with Gasteiger partial charge in [-0.1, -0.05) is 35.5 Å². The number of hydrogen-bond donors (Lipinski definition) is 0. The van der Waals surface area contributed by atoms with Crippen molar-refractivity contribution in [3.05, 3.63) is 71.3 Å². The zero-order valence-electron chi connectivity index (χ0n) is 13.9. The van der Waals surface area contributed by atoms with Crippen molar-refractivity contribution in [1.29, 1.82) is 0 Å². The molecule has 3 aromatic rings. The highest BCUT2D eigenvalue weighted by Crippen LogP contribution is 2.22. The normalized spacial score (nSPS) is 13.7. The lowest BCUT2D eigenvalue weighted by Crippen LogP contribution is -2.35. The molecule has 1 aliphatic heterocycles. The minimum absolute atomic E-state index is 0.106. The van der Waals surface area contributed by atoms with Crippen molar-refractivity contribution < 1.29 is 13.7 Å². The lowest BCUT2D eigenvalue weighted by atomic mass is 10.1. The van der Waals surface area contributed by atoms with Crippen LogP contribution in [0.25, 0.3) is 0 Å². The lowest BCUT2D eigenvalue weighted by molar-refractivity contribution is -0.132. The van der Waals surface area contributed by atoms with Gasteiger partial charge < -0.3 is 13.8 Å². The summed E-state index contributed by atoms with van der Waals surface area (Å²) in [4.78, 5) is 18.8. The largest absolute Gasteiger partial charge is 0.445 e. The smallest absolute Gasteiger partial charge is 0.223 e. The maximum atomic E-state index is 12.4. The van der Waals surface area contributed by atoms with E-state index >= 15 is 0 Å². The Morgan fingerprint density at radius 1 is 1.20 bits per heavy atom. The molecule has 2 aromatic heterocycles. The molecular weight excluding hydrogens is 318 g/mol. The Balaban J connectivity index is 1.38. The van der Waals surface area contributed by atoms with Gasteiger partial charge in [-0.05, 0) is 5.56 Å². The average molecular weight is 337 g/mol. The van der Waals surface area contributed by atoms with Crippen LogP contribution in [0.1, 0.15) is 35.1 Å². The van der Waals surface area contributed by atoms with E-state index in [0.29, 0.717) is 44.7 Å². The number of fused-ring (bicyclic) bond motifs is 1. The molecule has 1 aliphatic rings. The molecule has 0 saturated heterocycles. The maximum absolute atomic E-state index is 12.4. The van der Waals surface area contributed by atoms with Crippen LogP contribution < -0.4 is 0 Å². The predicted octanol–water partition coefficient (Wildman–Crippen LogP) is 2.77. The van der Waals surface area contributed by atoms with E-state index < -0.39 is 0 Å². The first-order chi connectivity index (χ1) is 12.3. The second-order valence-corrected chi connectivity index (χ2v) is 6.18. The Hall–Kier alpha value is -2.89. The third-order valence-corrected chi connectivity index (χ3v) is 4.40. The fraction of sp³-hybridized carbons (Fsp3) is 0.316. The number of oxazole rings is 1. The van der Waals surface area contributed by atoms with Gasteiger partial charge in [0.2, 0.25) is 5.91 Å². The molecule has 0 saturated carbocycles. The summed E-state index contributed by atoms with van der Waals surface area (Å²) in [5.41, 5.74) is 2.05. The molecule has 6 heteroatoms. The molecule has 0 aliphatic carbocycles. The van der Waals surface area contributed by atoms with Gasteiger partial charge >= 0.3 is 0 Å². The Bertz CT molecular complexity index is 840. The minimum Gasteiger partial charge on any atom is -0.445 e. The molecule has 128 valence electrons. The number of aryl methyl sites for hydroxylation is 1. The van der Waals surface area contributed by atoms with Gasteiger partial charge in [-0.2, -0.15) is 0 Å². The van der Waals surface area contributed by atoms with Crippen molar-refractivity contribution in [1.82, 2.24) is 15.0 Å². The van der Waals surface area contributed by atoms with Gasteiger partial charge in [0.1, 0.15) is 17.2 Å². The van der Waals surface area contributed by atoms with Crippen molar-refractivity contribution >= 4 is 5.91 Å². The summed E-state index contributed by atoms with van der Waals surface area (Å²) in [5.74, 6) is 2.46. The Labute approximate surface area is 145 Å². The number of nitrogens with zero attached hydrogens (tertiary/aromatic N) is 3. The Kier molecular flexibility index (Phi) is 4.33. The summed E-state index contributed by atoms with van der Waals surface area (Å²) >= 11 is 0. The predicted molar refractivity (Wildman–Crippen MR) is 89.7 cm³/mol. The standard InChI is InChI=1S/C19H19N3O3/c23-19(7-6-15-8-10-20-25-15)22-11-9-17-16(13-22)21-18(24-17)12-14-4-2-1-3-5-14/h1-5,8,10H,6-7,9,11-13H2. The monoisotopic (exact) mass is 337 g/mol. The van der Waals surface area contributed by atoms with Crippen LogP contribution in [0.15, 0.2) is 51.5 Å². The highest BCUT2D eigenvalue weighted by Gasteiger charge is 2.25. The molecule has 3 heterocycles. The molecule has 0 N–H and O–H groups in total. The van der Waals surface area contributed by atoms with Crippen LogP contribution in [0.3, 0.4) is 0 Å². The van der Waals surface area contributed by atoms with E-state index in [2.05, 4.69) is 22.3 Å². The summed E-state index contributed by atoms with van der Waals surface area (Å²) in [5, 5.41) is 3.66. The Morgan fingerprint density at radius 2 is 2.08 bits per heavy atom. The molecule has 0 radical (unpaired) electrons. The van der Waals surface area contributed by atoms with Crippen LogP contribution >= 0.6 is 0 Å². The van der Waals surface area contributed by atoms with Crippen LogP contribution in [0, 0.1) is 0 Å². The fourth-order valence-electron chi connectivity index (χ4n) is 3.07. The zero-order chi connectivity index (χ0) is 17.1. The molecule has 0 bridgehead atoms. The van der Waals surface area contributed by atoms with E-state index in [1.807, 2.05) is 23.1 Å². The van der Waals surface area contributed by atoms with Crippen molar-refractivity contribution in [3.8, 4) is 0 Å². The Morgan fingerprint density at radius 3 is 2.88 bits per heavy atom. The average Bonchev–Trinajstić information content (AvgIpc) is 3.29. The zero-order valence-corrected chi connectivity index (χ0v) is 13.9. The number of hydrogen-bond acceptors (Lipinski definition) is 5. The molecule has 0 spiro atoms. The van der Waals surface area contributed by atoms with E-state index in [1.165, 1.54) is 5.56 Å². The van der Waals surface area contributed by atoms with Crippen LogP contribution in [0.5, 0.6) is 0 Å². The number of aromatic nitrogens is 2. The van der Waals surface area contributed by atoms with Gasteiger partial charge in [-0.15, -0.1) is 0 Å². The first-order valence-corrected chi connectivity index (χ1v) is 8.46. The fourth-order valence-corrected chi connectivity index (χ4v) is 3.07. The molecule has 6 nitrogen and oxygen atoms in total. The van der Waals surface area contributed by atoms with E-state index in [4.69, 9.17) is 8.94 Å². The molecule has 0 fully saturated rings. The van der Waals surface area contributed by atoms with Gasteiger partial charge in [-0.3, -0.25) is 4.79 Å². The van der Waals surface area contributed by atoms with Crippen molar-refractivity contribution in [2.75, 3.05) is 6.54 Å². The molecule has 0 atom stereocenters. The molecular formula is C19H19N3O3. The SMILES string of the molecule is O=C(CCc1ccno1)N1CCc2oc(Cc3ccccc3)nc2C1. The summed E-state index contributed by atoms with van der Waals surface area (Å²) in [7, 11) is 0. The van der Waals surface area contributed by atoms with Crippen LogP contribution in [0.2, 0.25) is 0 Å². The van der Waals surface area contributed by atoms with E-state index in [0.717, 1.165) is 17.2 Å². The van der Waals surface area contributed by atoms with Gasteiger partial charge in [-0.25, -0.2) is 4.98 Å². The second kappa shape index (κ2) is 6.93. The molecule has 1 aromatic carbocycles. The van der Waals surface area contributed by atoms with Crippen LogP contribution in [0.4, 0.5) is 0 Å². The highest BCUT2D eigenvalue weighted by atomic mass is 16.5. The van der Waals surface area contributed by atoms with Crippen LogP contribution in [-0.4, -0.2) is 27.5 Å². The summed E-state index contributed by atoms with van der Waals surface area (Å²) < 4.78 is 10.9. The summed E-state index contributed by atoms with van der Waals surface area (Å²) in [6, 6.07) is 11.9. The van der Waals surface area contributed by atoms with Crippen LogP contribution in [-0.2, 0) is 30.6 Å². The second-order valence-electron chi connectivity index (χ2n) is 6.18. The number of rotatable bonds is 5. The lowest BCUT2D eigenvalue weighted by Gasteiger charge is -2.25. The van der Waals surface area contributed by atoms with E-state index in [1.54, 1.807) is 12.3 Å². The maximum Gasteiger partial charge on any atom is 0.223 e.